The summed E-state index contributed by atoms with van der Waals surface area (Å²) < 4.78 is 5.26. The fourth-order valence-corrected chi connectivity index (χ4v) is 2.63. The van der Waals surface area contributed by atoms with Crippen molar-refractivity contribution in [2.75, 3.05) is 19.8 Å². The highest BCUT2D eigenvalue weighted by Gasteiger charge is 2.31. The average molecular weight is 270 g/mol. The number of carbonyl (C=O) groups is 2. The number of aliphatic carboxylic acids is 1. The van der Waals surface area contributed by atoms with Gasteiger partial charge in [0.2, 0.25) is 0 Å². The third-order valence-corrected chi connectivity index (χ3v) is 4.11. The van der Waals surface area contributed by atoms with Gasteiger partial charge in [-0.25, -0.2) is 4.79 Å². The van der Waals surface area contributed by atoms with E-state index in [-0.39, 0.29) is 24.5 Å². The highest BCUT2D eigenvalue weighted by Crippen LogP contribution is 2.29. The van der Waals surface area contributed by atoms with E-state index in [1.54, 1.807) is 4.90 Å². The maximum absolute atomic E-state index is 12.2. The second kappa shape index (κ2) is 6.23. The minimum Gasteiger partial charge on any atom is -0.481 e. The Balaban J connectivity index is 1.88. The number of amides is 2. The standard InChI is InChI=1S/C13H22N2O4/c1-9(10-3-2-4-10)14-13(18)15-5-6-19-8-11(15)7-12(16)17/h9-11H,2-8H2,1H3,(H,14,18)(H,16,17). The highest BCUT2D eigenvalue weighted by molar-refractivity contribution is 5.76. The van der Waals surface area contributed by atoms with Gasteiger partial charge in [0.05, 0.1) is 25.7 Å². The number of carboxylic acids is 1. The third kappa shape index (κ3) is 3.59. The van der Waals surface area contributed by atoms with Gasteiger partial charge < -0.3 is 20.1 Å². The summed E-state index contributed by atoms with van der Waals surface area (Å²) in [7, 11) is 0. The van der Waals surface area contributed by atoms with Crippen molar-refractivity contribution >= 4 is 12.0 Å². The summed E-state index contributed by atoms with van der Waals surface area (Å²) in [5, 5.41) is 11.9. The zero-order chi connectivity index (χ0) is 13.8. The first-order valence-corrected chi connectivity index (χ1v) is 6.94. The first-order valence-electron chi connectivity index (χ1n) is 6.94. The topological polar surface area (TPSA) is 78.9 Å². The van der Waals surface area contributed by atoms with Crippen LogP contribution >= 0.6 is 0 Å². The van der Waals surface area contributed by atoms with Crippen LogP contribution in [0, 0.1) is 5.92 Å². The number of hydrogen-bond acceptors (Lipinski definition) is 3. The molecule has 0 spiro atoms. The van der Waals surface area contributed by atoms with Crippen LogP contribution in [0.2, 0.25) is 0 Å². The summed E-state index contributed by atoms with van der Waals surface area (Å²) in [5.41, 5.74) is 0. The van der Waals surface area contributed by atoms with Gasteiger partial charge in [0.15, 0.2) is 0 Å². The summed E-state index contributed by atoms with van der Waals surface area (Å²) in [6.45, 7) is 3.26. The van der Waals surface area contributed by atoms with E-state index >= 15 is 0 Å². The van der Waals surface area contributed by atoms with Gasteiger partial charge in [-0.3, -0.25) is 4.79 Å². The Morgan fingerprint density at radius 2 is 2.21 bits per heavy atom. The summed E-state index contributed by atoms with van der Waals surface area (Å²) >= 11 is 0. The van der Waals surface area contributed by atoms with Gasteiger partial charge >= 0.3 is 12.0 Å². The summed E-state index contributed by atoms with van der Waals surface area (Å²) in [4.78, 5) is 24.6. The fraction of sp³-hybridized carbons (Fsp3) is 0.846. The SMILES string of the molecule is CC(NC(=O)N1CCOCC1CC(=O)O)C1CCC1. The van der Waals surface area contributed by atoms with Crippen LogP contribution in [0.15, 0.2) is 0 Å². The van der Waals surface area contributed by atoms with Crippen molar-refractivity contribution < 1.29 is 19.4 Å². The van der Waals surface area contributed by atoms with E-state index in [1.165, 1.54) is 19.3 Å². The lowest BCUT2D eigenvalue weighted by Gasteiger charge is -2.38. The van der Waals surface area contributed by atoms with Gasteiger partial charge in [-0.15, -0.1) is 0 Å². The molecule has 6 nitrogen and oxygen atoms in total. The van der Waals surface area contributed by atoms with Crippen LogP contribution in [-0.2, 0) is 9.53 Å². The molecule has 6 heteroatoms. The van der Waals surface area contributed by atoms with Gasteiger partial charge in [-0.1, -0.05) is 6.42 Å². The second-order valence-corrected chi connectivity index (χ2v) is 5.45. The Morgan fingerprint density at radius 1 is 1.47 bits per heavy atom. The monoisotopic (exact) mass is 270 g/mol. The molecule has 2 aliphatic rings. The van der Waals surface area contributed by atoms with Crippen LogP contribution in [0.5, 0.6) is 0 Å². The smallest absolute Gasteiger partial charge is 0.318 e. The van der Waals surface area contributed by atoms with E-state index in [1.807, 2.05) is 6.92 Å². The Kier molecular flexibility index (Phi) is 4.63. The number of hydrogen-bond donors (Lipinski definition) is 2. The van der Waals surface area contributed by atoms with Crippen molar-refractivity contribution in [2.24, 2.45) is 5.92 Å². The first kappa shape index (κ1) is 14.1. The number of carboxylic acid groups (broad SMARTS) is 1. The van der Waals surface area contributed by atoms with Crippen molar-refractivity contribution in [3.05, 3.63) is 0 Å². The molecule has 2 atom stereocenters. The molecular weight excluding hydrogens is 248 g/mol. The lowest BCUT2D eigenvalue weighted by Crippen LogP contribution is -2.55. The number of morpholine rings is 1. The lowest BCUT2D eigenvalue weighted by molar-refractivity contribution is -0.139. The summed E-state index contributed by atoms with van der Waals surface area (Å²) in [6, 6.07) is -0.358. The number of ether oxygens (including phenoxy) is 1. The van der Waals surface area contributed by atoms with Gasteiger partial charge in [-0.05, 0) is 25.7 Å². The Labute approximate surface area is 113 Å². The molecule has 1 saturated heterocycles. The van der Waals surface area contributed by atoms with E-state index in [9.17, 15) is 9.59 Å². The van der Waals surface area contributed by atoms with Gasteiger partial charge in [-0.2, -0.15) is 0 Å². The van der Waals surface area contributed by atoms with Crippen molar-refractivity contribution in [1.82, 2.24) is 10.2 Å². The fourth-order valence-electron chi connectivity index (χ4n) is 2.63. The van der Waals surface area contributed by atoms with E-state index in [0.29, 0.717) is 25.7 Å². The van der Waals surface area contributed by atoms with Crippen LogP contribution in [0.25, 0.3) is 0 Å². The van der Waals surface area contributed by atoms with Crippen LogP contribution < -0.4 is 5.32 Å². The highest BCUT2D eigenvalue weighted by atomic mass is 16.5. The third-order valence-electron chi connectivity index (χ3n) is 4.11. The van der Waals surface area contributed by atoms with E-state index in [0.717, 1.165) is 0 Å². The molecule has 0 bridgehead atoms. The van der Waals surface area contributed by atoms with Crippen molar-refractivity contribution in [3.63, 3.8) is 0 Å². The van der Waals surface area contributed by atoms with Gasteiger partial charge in [0.25, 0.3) is 0 Å². The number of rotatable bonds is 4. The molecule has 0 aromatic heterocycles. The molecule has 2 rings (SSSR count). The Morgan fingerprint density at radius 3 is 2.79 bits per heavy atom. The predicted molar refractivity (Wildman–Crippen MR) is 68.9 cm³/mol. The zero-order valence-electron chi connectivity index (χ0n) is 11.3. The summed E-state index contributed by atoms with van der Waals surface area (Å²) in [5.74, 6) is -0.330. The Hall–Kier alpha value is -1.30. The molecule has 1 heterocycles. The number of urea groups is 1. The lowest BCUT2D eigenvalue weighted by atomic mass is 9.80. The quantitative estimate of drug-likeness (QED) is 0.800. The van der Waals surface area contributed by atoms with Crippen molar-refractivity contribution in [1.29, 1.82) is 0 Å². The molecule has 0 aromatic carbocycles. The molecule has 19 heavy (non-hydrogen) atoms. The van der Waals surface area contributed by atoms with Gasteiger partial charge in [0.1, 0.15) is 0 Å². The van der Waals surface area contributed by atoms with E-state index < -0.39 is 5.97 Å². The predicted octanol–water partition coefficient (Wildman–Crippen LogP) is 1.06. The van der Waals surface area contributed by atoms with E-state index in [4.69, 9.17) is 9.84 Å². The molecule has 0 aromatic rings. The number of carbonyl (C=O) groups excluding carboxylic acids is 1. The minimum absolute atomic E-state index is 0.0643. The zero-order valence-corrected chi connectivity index (χ0v) is 11.3. The maximum Gasteiger partial charge on any atom is 0.318 e. The van der Waals surface area contributed by atoms with Crippen molar-refractivity contribution in [3.8, 4) is 0 Å². The first-order chi connectivity index (χ1) is 9.08. The van der Waals surface area contributed by atoms with Crippen LogP contribution in [0.3, 0.4) is 0 Å². The second-order valence-electron chi connectivity index (χ2n) is 5.45. The molecule has 1 aliphatic heterocycles. The molecule has 2 unspecified atom stereocenters. The molecule has 108 valence electrons. The minimum atomic E-state index is -0.902. The largest absolute Gasteiger partial charge is 0.481 e. The number of nitrogens with zero attached hydrogens (tertiary/aromatic N) is 1. The molecule has 0 radical (unpaired) electrons. The maximum atomic E-state index is 12.2. The molecule has 2 amide bonds. The molecule has 2 N–H and O–H groups in total. The van der Waals surface area contributed by atoms with Crippen molar-refractivity contribution in [2.45, 2.75) is 44.7 Å². The normalized spacial score (nSPS) is 25.5. The molecular formula is C13H22N2O4. The van der Waals surface area contributed by atoms with Gasteiger partial charge in [0, 0.05) is 12.6 Å². The Bertz CT molecular complexity index is 344. The van der Waals surface area contributed by atoms with Crippen LogP contribution in [0.4, 0.5) is 4.79 Å². The molecule has 1 aliphatic carbocycles. The van der Waals surface area contributed by atoms with Crippen LogP contribution in [-0.4, -0.2) is 53.8 Å². The molecule has 1 saturated carbocycles. The molecule has 2 fully saturated rings. The van der Waals surface area contributed by atoms with E-state index in [2.05, 4.69) is 5.32 Å². The number of nitrogens with one attached hydrogen (secondary N) is 1. The average Bonchev–Trinajstić information content (AvgIpc) is 2.26. The van der Waals surface area contributed by atoms with Crippen LogP contribution in [0.1, 0.15) is 32.6 Å². The summed E-state index contributed by atoms with van der Waals surface area (Å²) in [6.07, 6.45) is 3.52.